The first-order chi connectivity index (χ1) is 6.24. The molecule has 0 amide bonds. The molecular weight excluding hydrogens is 207 g/mol. The van der Waals surface area contributed by atoms with E-state index < -0.39 is 0 Å². The van der Waals surface area contributed by atoms with E-state index in [-0.39, 0.29) is 5.82 Å². The first kappa shape index (κ1) is 8.65. The molecule has 5 heteroatoms. The summed E-state index contributed by atoms with van der Waals surface area (Å²) in [4.78, 5) is 0. The van der Waals surface area contributed by atoms with Crippen LogP contribution in [0.15, 0.2) is 17.6 Å². The molecule has 0 aliphatic rings. The Labute approximate surface area is 83.6 Å². The fourth-order valence-electron chi connectivity index (χ4n) is 1.18. The lowest BCUT2D eigenvalue weighted by molar-refractivity contribution is 0.623. The molecule has 2 heterocycles. The molecule has 13 heavy (non-hydrogen) atoms. The summed E-state index contributed by atoms with van der Waals surface area (Å²) >= 11 is 6.60. The highest BCUT2D eigenvalue weighted by molar-refractivity contribution is 7.71. The van der Waals surface area contributed by atoms with Crippen LogP contribution in [0.5, 0.6) is 0 Å². The summed E-state index contributed by atoms with van der Waals surface area (Å²) in [5.74, 6) is -0.251. The third-order valence-electron chi connectivity index (χ3n) is 1.82. The van der Waals surface area contributed by atoms with Gasteiger partial charge in [-0.3, -0.25) is 4.68 Å². The molecule has 2 nitrogen and oxygen atoms in total. The molecule has 0 aromatic carbocycles. The third kappa shape index (κ3) is 1.24. The van der Waals surface area contributed by atoms with Crippen LogP contribution in [0.3, 0.4) is 0 Å². The quantitative estimate of drug-likeness (QED) is 0.735. The molecule has 0 bridgehead atoms. The maximum atomic E-state index is 13.3. The zero-order valence-electron chi connectivity index (χ0n) is 6.87. The van der Waals surface area contributed by atoms with Crippen molar-refractivity contribution in [1.29, 1.82) is 0 Å². The summed E-state index contributed by atoms with van der Waals surface area (Å²) in [5.41, 5.74) is 2.80. The van der Waals surface area contributed by atoms with Crippen molar-refractivity contribution in [3.63, 3.8) is 0 Å². The van der Waals surface area contributed by atoms with Crippen molar-refractivity contribution in [2.45, 2.75) is 0 Å². The summed E-state index contributed by atoms with van der Waals surface area (Å²) in [6.07, 6.45) is 1.36. The van der Waals surface area contributed by atoms with Gasteiger partial charge in [0.05, 0.1) is 10.9 Å². The van der Waals surface area contributed by atoms with Gasteiger partial charge in [-0.1, -0.05) is 12.2 Å². The lowest BCUT2D eigenvalue weighted by Gasteiger charge is -2.05. The minimum Gasteiger partial charge on any atom is -0.328 e. The molecule has 0 unspecified atom stereocenters. The van der Waals surface area contributed by atoms with Crippen molar-refractivity contribution in [2.75, 3.05) is 12.5 Å². The Morgan fingerprint density at radius 2 is 2.38 bits per heavy atom. The maximum Gasteiger partial charge on any atom is 0.150 e. The molecule has 2 aromatic rings. The molecule has 68 valence electrons. The Hall–Kier alpha value is -0.940. The smallest absolute Gasteiger partial charge is 0.150 e. The highest BCUT2D eigenvalue weighted by Gasteiger charge is 2.05. The second-order valence-corrected chi connectivity index (χ2v) is 3.84. The van der Waals surface area contributed by atoms with Crippen LogP contribution < -0.4 is 5.43 Å². The highest BCUT2D eigenvalue weighted by Crippen LogP contribution is 2.24. The van der Waals surface area contributed by atoms with Crippen molar-refractivity contribution in [3.05, 3.63) is 28.1 Å². The van der Waals surface area contributed by atoms with E-state index in [1.807, 2.05) is 5.38 Å². The predicted molar refractivity (Wildman–Crippen MR) is 55.9 cm³/mol. The molecule has 0 radical (unpaired) electrons. The Morgan fingerprint density at radius 3 is 3.08 bits per heavy atom. The number of pyridine rings is 1. The number of rotatable bonds is 1. The second-order valence-electron chi connectivity index (χ2n) is 2.54. The molecule has 0 fully saturated rings. The topological polar surface area (TPSA) is 17.0 Å². The van der Waals surface area contributed by atoms with Gasteiger partial charge in [0, 0.05) is 12.4 Å². The normalized spacial score (nSPS) is 10.6. The van der Waals surface area contributed by atoms with Gasteiger partial charge in [-0.05, 0) is 11.4 Å². The van der Waals surface area contributed by atoms with Gasteiger partial charge in [-0.2, -0.15) is 0 Å². The fraction of sp³-hybridized carbons (Fsp3) is 0.125. The molecular formula is C8H7FN2S2. The van der Waals surface area contributed by atoms with Gasteiger partial charge >= 0.3 is 0 Å². The number of fused-ring (bicyclic) bond motifs is 1. The average molecular weight is 214 g/mol. The molecule has 2 aromatic heterocycles. The highest BCUT2D eigenvalue weighted by atomic mass is 32.1. The fourth-order valence-corrected chi connectivity index (χ4v) is 2.41. The van der Waals surface area contributed by atoms with Gasteiger partial charge in [-0.15, -0.1) is 11.3 Å². The van der Waals surface area contributed by atoms with E-state index in [2.05, 4.69) is 5.43 Å². The minimum absolute atomic E-state index is 0.251. The van der Waals surface area contributed by atoms with E-state index in [0.29, 0.717) is 10.0 Å². The first-order valence-corrected chi connectivity index (χ1v) is 4.99. The monoisotopic (exact) mass is 214 g/mol. The maximum absolute atomic E-state index is 13.3. The van der Waals surface area contributed by atoms with E-state index in [1.54, 1.807) is 13.1 Å². The van der Waals surface area contributed by atoms with Crippen LogP contribution in [-0.2, 0) is 0 Å². The lowest BCUT2D eigenvalue weighted by Crippen LogP contribution is -2.10. The average Bonchev–Trinajstić information content (AvgIpc) is 2.60. The lowest BCUT2D eigenvalue weighted by atomic mass is 10.3. The Bertz CT molecular complexity index is 500. The molecule has 0 atom stereocenters. The zero-order valence-corrected chi connectivity index (χ0v) is 8.51. The van der Waals surface area contributed by atoms with Crippen LogP contribution in [-0.4, -0.2) is 11.7 Å². The molecule has 1 N–H and O–H groups in total. The van der Waals surface area contributed by atoms with Crippen LogP contribution in [0.25, 0.3) is 10.1 Å². The molecule has 0 spiro atoms. The van der Waals surface area contributed by atoms with Crippen LogP contribution in [0, 0.1) is 10.5 Å². The first-order valence-electron chi connectivity index (χ1n) is 3.70. The minimum atomic E-state index is -0.251. The number of thiophene rings is 1. The van der Waals surface area contributed by atoms with Crippen molar-refractivity contribution < 1.29 is 4.39 Å². The second kappa shape index (κ2) is 3.08. The van der Waals surface area contributed by atoms with Crippen molar-refractivity contribution in [2.24, 2.45) is 0 Å². The molecule has 0 saturated heterocycles. The zero-order chi connectivity index (χ0) is 9.42. The number of hydrogen-bond acceptors (Lipinski definition) is 3. The summed E-state index contributed by atoms with van der Waals surface area (Å²) < 4.78 is 16.3. The number of halogens is 1. The SMILES string of the molecule is CNn1cc(F)c2ccsc2c1=S. The standard InChI is InChI=1S/C8H7FN2S2/c1-10-11-4-6(9)5-2-3-13-7(5)8(11)12/h2-4,10H,1H3. The summed E-state index contributed by atoms with van der Waals surface area (Å²) in [6, 6.07) is 1.74. The van der Waals surface area contributed by atoms with E-state index in [9.17, 15) is 4.39 Å². The van der Waals surface area contributed by atoms with Crippen LogP contribution in [0.4, 0.5) is 4.39 Å². The Kier molecular flexibility index (Phi) is 2.05. The number of hydrogen-bond donors (Lipinski definition) is 1. The van der Waals surface area contributed by atoms with Crippen molar-refractivity contribution >= 4 is 33.6 Å². The Morgan fingerprint density at radius 1 is 1.62 bits per heavy atom. The van der Waals surface area contributed by atoms with Crippen molar-refractivity contribution in [3.8, 4) is 0 Å². The van der Waals surface area contributed by atoms with Crippen LogP contribution >= 0.6 is 23.6 Å². The Balaban J connectivity index is 2.94. The van der Waals surface area contributed by atoms with Gasteiger partial charge in [0.2, 0.25) is 0 Å². The van der Waals surface area contributed by atoms with Crippen LogP contribution in [0.1, 0.15) is 0 Å². The number of nitrogens with zero attached hydrogens (tertiary/aromatic N) is 1. The van der Waals surface area contributed by atoms with Crippen LogP contribution in [0.2, 0.25) is 0 Å². The molecule has 0 saturated carbocycles. The number of nitrogens with one attached hydrogen (secondary N) is 1. The number of aromatic nitrogens is 1. The van der Waals surface area contributed by atoms with Gasteiger partial charge in [0.15, 0.2) is 0 Å². The predicted octanol–water partition coefficient (Wildman–Crippen LogP) is 2.74. The van der Waals surface area contributed by atoms with Gasteiger partial charge in [0.1, 0.15) is 10.5 Å². The molecule has 0 aliphatic heterocycles. The van der Waals surface area contributed by atoms with Gasteiger partial charge < -0.3 is 5.43 Å². The summed E-state index contributed by atoms with van der Waals surface area (Å²) in [5, 5.41) is 2.44. The van der Waals surface area contributed by atoms with E-state index in [0.717, 1.165) is 4.70 Å². The van der Waals surface area contributed by atoms with E-state index >= 15 is 0 Å². The van der Waals surface area contributed by atoms with Gasteiger partial charge in [-0.25, -0.2) is 4.39 Å². The summed E-state index contributed by atoms with van der Waals surface area (Å²) in [7, 11) is 1.70. The summed E-state index contributed by atoms with van der Waals surface area (Å²) in [6.45, 7) is 0. The third-order valence-corrected chi connectivity index (χ3v) is 3.27. The van der Waals surface area contributed by atoms with E-state index in [1.165, 1.54) is 22.2 Å². The van der Waals surface area contributed by atoms with Gasteiger partial charge in [0.25, 0.3) is 0 Å². The van der Waals surface area contributed by atoms with Crippen molar-refractivity contribution in [1.82, 2.24) is 4.68 Å². The molecule has 0 aliphatic carbocycles. The largest absolute Gasteiger partial charge is 0.328 e. The molecule has 2 rings (SSSR count). The van der Waals surface area contributed by atoms with E-state index in [4.69, 9.17) is 12.2 Å².